The van der Waals surface area contributed by atoms with Crippen molar-refractivity contribution < 1.29 is 46.1 Å². The number of carbonyl (C=O) groups is 2. The number of benzene rings is 2. The Kier molecular flexibility index (Phi) is 7.42. The number of carbonyl (C=O) groups excluding carboxylic acids is 2. The van der Waals surface area contributed by atoms with Crippen molar-refractivity contribution in [3.8, 4) is 23.0 Å². The van der Waals surface area contributed by atoms with Crippen LogP contribution in [-0.4, -0.2) is 37.4 Å². The van der Waals surface area contributed by atoms with Crippen LogP contribution in [0.3, 0.4) is 0 Å². The lowest BCUT2D eigenvalue weighted by molar-refractivity contribution is -0.274. The van der Waals surface area contributed by atoms with E-state index in [1.54, 1.807) is 0 Å². The van der Waals surface area contributed by atoms with Crippen LogP contribution in [0.15, 0.2) is 42.6 Å². The van der Waals surface area contributed by atoms with Gasteiger partial charge in [0, 0.05) is 23.5 Å². The average molecular weight is 534 g/mol. The third-order valence-electron chi connectivity index (χ3n) is 5.74. The molecule has 1 aliphatic carbocycles. The summed E-state index contributed by atoms with van der Waals surface area (Å²) < 4.78 is 72.9. The molecule has 2 aromatic carbocycles. The number of rotatable bonds is 8. The molecule has 0 atom stereocenters. The van der Waals surface area contributed by atoms with Gasteiger partial charge in [0.2, 0.25) is 0 Å². The summed E-state index contributed by atoms with van der Waals surface area (Å²) >= 11 is 0. The Morgan fingerprint density at radius 2 is 1.76 bits per heavy atom. The molecule has 200 valence electrons. The highest BCUT2D eigenvalue weighted by Gasteiger charge is 2.33. The molecule has 1 amide bonds. The molecule has 0 saturated heterocycles. The molecule has 1 fully saturated rings. The number of pyridine rings is 1. The van der Waals surface area contributed by atoms with Crippen LogP contribution in [0.1, 0.15) is 50.7 Å². The Bertz CT molecular complexity index is 1390. The maximum atomic E-state index is 15.3. The molecule has 0 radical (unpaired) electrons. The van der Waals surface area contributed by atoms with Crippen LogP contribution >= 0.6 is 0 Å². The second kappa shape index (κ2) is 10.6. The fraction of sp³-hybridized carbons (Fsp3) is 0.269. The molecule has 1 heterocycles. The largest absolute Gasteiger partial charge is 0.573 e. The highest BCUT2D eigenvalue weighted by Crippen LogP contribution is 2.46. The van der Waals surface area contributed by atoms with Crippen molar-refractivity contribution in [1.82, 2.24) is 4.98 Å². The van der Waals surface area contributed by atoms with E-state index in [2.05, 4.69) is 19.8 Å². The minimum absolute atomic E-state index is 0.0140. The van der Waals surface area contributed by atoms with Crippen molar-refractivity contribution in [2.24, 2.45) is 0 Å². The molecule has 38 heavy (non-hydrogen) atoms. The van der Waals surface area contributed by atoms with E-state index in [0.717, 1.165) is 25.0 Å². The van der Waals surface area contributed by atoms with Crippen molar-refractivity contribution in [2.45, 2.75) is 32.0 Å². The number of hydrogen-bond acceptors (Lipinski definition) is 7. The number of esters is 1. The summed E-state index contributed by atoms with van der Waals surface area (Å²) in [6.45, 7) is 1.42. The fourth-order valence-electron chi connectivity index (χ4n) is 3.81. The first kappa shape index (κ1) is 26.7. The van der Waals surface area contributed by atoms with E-state index in [0.29, 0.717) is 5.56 Å². The third kappa shape index (κ3) is 5.96. The summed E-state index contributed by atoms with van der Waals surface area (Å²) in [5.41, 5.74) is 0.358. The molecule has 1 aliphatic rings. The van der Waals surface area contributed by atoms with Crippen LogP contribution in [0.5, 0.6) is 23.0 Å². The smallest absolute Gasteiger partial charge is 0.493 e. The molecular formula is C26H22F4N2O6. The van der Waals surface area contributed by atoms with Gasteiger partial charge in [-0.2, -0.15) is 0 Å². The van der Waals surface area contributed by atoms with Crippen LogP contribution in [-0.2, 0) is 4.74 Å². The Hall–Kier alpha value is -4.35. The molecule has 4 rings (SSSR count). The maximum Gasteiger partial charge on any atom is 0.573 e. The predicted octanol–water partition coefficient (Wildman–Crippen LogP) is 6.14. The van der Waals surface area contributed by atoms with Gasteiger partial charge < -0.3 is 24.3 Å². The first-order valence-electron chi connectivity index (χ1n) is 11.3. The number of nitrogens with zero attached hydrogens (tertiary/aromatic N) is 1. The van der Waals surface area contributed by atoms with Gasteiger partial charge in [-0.3, -0.25) is 4.79 Å². The Morgan fingerprint density at radius 1 is 1.03 bits per heavy atom. The zero-order chi connectivity index (χ0) is 27.6. The summed E-state index contributed by atoms with van der Waals surface area (Å²) in [7, 11) is 2.41. The number of amides is 1. The topological polar surface area (TPSA) is 96.0 Å². The summed E-state index contributed by atoms with van der Waals surface area (Å²) in [5.74, 6) is -2.77. The summed E-state index contributed by atoms with van der Waals surface area (Å²) in [5, 5.41) is 2.59. The van der Waals surface area contributed by atoms with Gasteiger partial charge in [0.15, 0.2) is 11.5 Å². The number of anilines is 1. The molecule has 0 aliphatic heterocycles. The number of methoxy groups -OCH3 is 2. The molecule has 1 saturated carbocycles. The van der Waals surface area contributed by atoms with Crippen molar-refractivity contribution >= 4 is 17.6 Å². The Morgan fingerprint density at radius 3 is 2.39 bits per heavy atom. The van der Waals surface area contributed by atoms with Crippen molar-refractivity contribution in [3.63, 3.8) is 0 Å². The highest BCUT2D eigenvalue weighted by molar-refractivity contribution is 6.07. The van der Waals surface area contributed by atoms with Crippen molar-refractivity contribution in [1.29, 1.82) is 0 Å². The molecule has 0 bridgehead atoms. The van der Waals surface area contributed by atoms with E-state index in [9.17, 15) is 22.8 Å². The van der Waals surface area contributed by atoms with Crippen LogP contribution in [0, 0.1) is 12.7 Å². The quantitative estimate of drug-likeness (QED) is 0.274. The van der Waals surface area contributed by atoms with Gasteiger partial charge in [-0.1, -0.05) is 0 Å². The number of hydrogen-bond donors (Lipinski definition) is 1. The minimum atomic E-state index is -4.91. The van der Waals surface area contributed by atoms with Gasteiger partial charge >= 0.3 is 12.3 Å². The zero-order valence-corrected chi connectivity index (χ0v) is 20.4. The second-order valence-corrected chi connectivity index (χ2v) is 8.39. The lowest BCUT2D eigenvalue weighted by Gasteiger charge is -2.19. The van der Waals surface area contributed by atoms with Gasteiger partial charge in [0.05, 0.1) is 19.8 Å². The Labute approximate surface area is 214 Å². The lowest BCUT2D eigenvalue weighted by Crippen LogP contribution is -2.17. The minimum Gasteiger partial charge on any atom is -0.493 e. The molecule has 8 nitrogen and oxygen atoms in total. The van der Waals surface area contributed by atoms with Crippen LogP contribution < -0.4 is 19.5 Å². The first-order valence-corrected chi connectivity index (χ1v) is 11.3. The standard InChI is InChI=1S/C26H22F4N2O6/c1-13-22(24(33)32-15-8-9-31-18(10-15)25(34)36-3)21(12-17(23(13)27)14-4-5-14)37-19-7-6-16(11-20(19)35-2)38-26(28,29)30/h6-12,14H,4-5H2,1-3H3,(H,31,32,33). The Balaban J connectivity index is 1.72. The monoisotopic (exact) mass is 534 g/mol. The summed E-state index contributed by atoms with van der Waals surface area (Å²) in [6, 6.07) is 7.30. The fourth-order valence-corrected chi connectivity index (χ4v) is 3.81. The summed E-state index contributed by atoms with van der Waals surface area (Å²) in [6.07, 6.45) is -2.09. The number of aromatic nitrogens is 1. The second-order valence-electron chi connectivity index (χ2n) is 8.39. The predicted molar refractivity (Wildman–Crippen MR) is 126 cm³/mol. The maximum absolute atomic E-state index is 15.3. The van der Waals surface area contributed by atoms with E-state index in [1.807, 2.05) is 0 Å². The SMILES string of the molecule is COC(=O)c1cc(NC(=O)c2c(Oc3ccc(OC(F)(F)F)cc3OC)cc(C3CC3)c(F)c2C)ccn1. The number of halogens is 4. The van der Waals surface area contributed by atoms with Gasteiger partial charge in [-0.15, -0.1) is 13.2 Å². The van der Waals surface area contributed by atoms with Gasteiger partial charge in [0.25, 0.3) is 5.91 Å². The zero-order valence-electron chi connectivity index (χ0n) is 20.4. The molecular weight excluding hydrogens is 512 g/mol. The van der Waals surface area contributed by atoms with E-state index in [-0.39, 0.29) is 45.7 Å². The molecule has 1 aromatic heterocycles. The van der Waals surface area contributed by atoms with Crippen LogP contribution in [0.25, 0.3) is 0 Å². The number of nitrogens with one attached hydrogen (secondary N) is 1. The van der Waals surface area contributed by atoms with Crippen LogP contribution in [0.2, 0.25) is 0 Å². The highest BCUT2D eigenvalue weighted by atomic mass is 19.4. The van der Waals surface area contributed by atoms with E-state index < -0.39 is 29.8 Å². The normalized spacial score (nSPS) is 13.0. The molecule has 12 heteroatoms. The number of alkyl halides is 3. The molecule has 0 spiro atoms. The third-order valence-corrected chi connectivity index (χ3v) is 5.74. The van der Waals surface area contributed by atoms with Gasteiger partial charge in [-0.05, 0) is 61.6 Å². The molecule has 0 unspecified atom stereocenters. The lowest BCUT2D eigenvalue weighted by atomic mass is 9.99. The van der Waals surface area contributed by atoms with Gasteiger partial charge in [-0.25, -0.2) is 14.2 Å². The van der Waals surface area contributed by atoms with E-state index >= 15 is 4.39 Å². The van der Waals surface area contributed by atoms with E-state index in [4.69, 9.17) is 9.47 Å². The van der Waals surface area contributed by atoms with Crippen molar-refractivity contribution in [2.75, 3.05) is 19.5 Å². The molecule has 3 aromatic rings. The van der Waals surface area contributed by atoms with Gasteiger partial charge in [0.1, 0.15) is 23.0 Å². The average Bonchev–Trinajstić information content (AvgIpc) is 3.71. The van der Waals surface area contributed by atoms with E-state index in [1.165, 1.54) is 51.6 Å². The van der Waals surface area contributed by atoms with Crippen molar-refractivity contribution in [3.05, 3.63) is 70.8 Å². The summed E-state index contributed by atoms with van der Waals surface area (Å²) in [4.78, 5) is 29.0. The van der Waals surface area contributed by atoms with Crippen LogP contribution in [0.4, 0.5) is 23.2 Å². The number of ether oxygens (including phenoxy) is 4. The first-order chi connectivity index (χ1) is 18.0. The molecule has 1 N–H and O–H groups in total.